The summed E-state index contributed by atoms with van der Waals surface area (Å²) in [6.07, 6.45) is 3.25. The summed E-state index contributed by atoms with van der Waals surface area (Å²) in [6.45, 7) is 3.24. The molecule has 1 fully saturated rings. The Kier molecular flexibility index (Phi) is 7.72. The number of nitrogens with zero attached hydrogens (tertiary/aromatic N) is 8. The SMILES string of the molecule is COc1ccc(-n2nc(-c3nncn3CCCN(C)C)c3c2C(=O)N(c2ccc(N4CCOCC4=O)cc2)CC3)cc1. The third-order valence-electron chi connectivity index (χ3n) is 7.62. The normalized spacial score (nSPS) is 15.4. The van der Waals surface area contributed by atoms with Crippen molar-refractivity contribution in [1.29, 1.82) is 0 Å². The van der Waals surface area contributed by atoms with Gasteiger partial charge in [-0.05, 0) is 82.0 Å². The van der Waals surface area contributed by atoms with Crippen molar-refractivity contribution >= 4 is 23.2 Å². The molecule has 2 aliphatic rings. The largest absolute Gasteiger partial charge is 0.497 e. The molecule has 0 aliphatic carbocycles. The van der Waals surface area contributed by atoms with Gasteiger partial charge in [-0.25, -0.2) is 4.68 Å². The second-order valence-corrected chi connectivity index (χ2v) is 10.6. The predicted octanol–water partition coefficient (Wildman–Crippen LogP) is 2.66. The zero-order valence-corrected chi connectivity index (χ0v) is 24.1. The van der Waals surface area contributed by atoms with Crippen molar-refractivity contribution in [3.8, 4) is 23.0 Å². The molecule has 1 saturated heterocycles. The van der Waals surface area contributed by atoms with Gasteiger partial charge in [-0.2, -0.15) is 5.10 Å². The van der Waals surface area contributed by atoms with Gasteiger partial charge in [-0.1, -0.05) is 0 Å². The summed E-state index contributed by atoms with van der Waals surface area (Å²) in [7, 11) is 5.72. The molecule has 42 heavy (non-hydrogen) atoms. The van der Waals surface area contributed by atoms with Crippen LogP contribution in [0, 0.1) is 0 Å². The first-order valence-corrected chi connectivity index (χ1v) is 14.0. The van der Waals surface area contributed by atoms with Crippen LogP contribution in [0.4, 0.5) is 11.4 Å². The summed E-state index contributed by atoms with van der Waals surface area (Å²) in [5.41, 5.74) is 4.30. The van der Waals surface area contributed by atoms with Crippen molar-refractivity contribution in [1.82, 2.24) is 29.4 Å². The first-order chi connectivity index (χ1) is 20.4. The standard InChI is InChI=1S/C30H34N8O4/c1-34(2)14-4-15-35-20-31-32-29(35)27-25-13-16-37(22-7-5-21(6-8-22)36-17-18-42-19-26(36)39)30(40)28(25)38(33-27)23-9-11-24(41-3)12-10-23/h5-12,20H,4,13-19H2,1-3H3. The van der Waals surface area contributed by atoms with Crippen LogP contribution >= 0.6 is 0 Å². The van der Waals surface area contributed by atoms with Crippen LogP contribution in [0.25, 0.3) is 17.2 Å². The van der Waals surface area contributed by atoms with E-state index in [1.54, 1.807) is 27.9 Å². The number of hydrogen-bond acceptors (Lipinski definition) is 8. The Morgan fingerprint density at radius 3 is 2.36 bits per heavy atom. The predicted molar refractivity (Wildman–Crippen MR) is 157 cm³/mol. The Morgan fingerprint density at radius 1 is 0.952 bits per heavy atom. The number of benzene rings is 2. The van der Waals surface area contributed by atoms with Crippen molar-refractivity contribution in [2.75, 3.05) is 63.9 Å². The molecule has 0 bridgehead atoms. The number of rotatable bonds is 9. The zero-order chi connectivity index (χ0) is 29.2. The molecule has 12 nitrogen and oxygen atoms in total. The highest BCUT2D eigenvalue weighted by atomic mass is 16.5. The second-order valence-electron chi connectivity index (χ2n) is 10.6. The molecule has 0 radical (unpaired) electrons. The smallest absolute Gasteiger partial charge is 0.277 e. The van der Waals surface area contributed by atoms with Crippen LogP contribution in [0.5, 0.6) is 5.75 Å². The second kappa shape index (κ2) is 11.7. The van der Waals surface area contributed by atoms with Gasteiger partial charge in [0, 0.05) is 36.6 Å². The number of anilines is 2. The van der Waals surface area contributed by atoms with Gasteiger partial charge in [0.05, 0.1) is 19.4 Å². The van der Waals surface area contributed by atoms with Crippen LogP contribution < -0.4 is 14.5 Å². The maximum atomic E-state index is 14.2. The summed E-state index contributed by atoms with van der Waals surface area (Å²) in [6, 6.07) is 15.0. The van der Waals surface area contributed by atoms with Crippen LogP contribution in [0.2, 0.25) is 0 Å². The van der Waals surface area contributed by atoms with Crippen molar-refractivity contribution in [3.05, 3.63) is 66.1 Å². The Balaban J connectivity index is 1.36. The van der Waals surface area contributed by atoms with Crippen molar-refractivity contribution in [2.45, 2.75) is 19.4 Å². The average Bonchev–Trinajstić information content (AvgIpc) is 3.63. The van der Waals surface area contributed by atoms with E-state index in [0.29, 0.717) is 49.1 Å². The van der Waals surface area contributed by atoms with E-state index in [1.807, 2.05) is 67.2 Å². The maximum Gasteiger partial charge on any atom is 0.277 e. The Bertz CT molecular complexity index is 1580. The molecular formula is C30H34N8O4. The van der Waals surface area contributed by atoms with E-state index >= 15 is 0 Å². The first kappa shape index (κ1) is 27.6. The summed E-state index contributed by atoms with van der Waals surface area (Å²) in [4.78, 5) is 32.1. The van der Waals surface area contributed by atoms with Gasteiger partial charge in [0.1, 0.15) is 30.1 Å². The lowest BCUT2D eigenvalue weighted by atomic mass is 10.0. The van der Waals surface area contributed by atoms with E-state index in [2.05, 4.69) is 15.1 Å². The molecule has 0 N–H and O–H groups in total. The van der Waals surface area contributed by atoms with Crippen LogP contribution in [-0.4, -0.2) is 95.3 Å². The molecule has 6 rings (SSSR count). The van der Waals surface area contributed by atoms with Crippen LogP contribution in [0.15, 0.2) is 54.9 Å². The molecule has 12 heteroatoms. The molecule has 0 spiro atoms. The minimum absolute atomic E-state index is 0.0711. The highest BCUT2D eigenvalue weighted by Gasteiger charge is 2.35. The summed E-state index contributed by atoms with van der Waals surface area (Å²) >= 11 is 0. The number of aryl methyl sites for hydroxylation is 1. The topological polar surface area (TPSA) is 111 Å². The van der Waals surface area contributed by atoms with E-state index in [4.69, 9.17) is 14.6 Å². The molecule has 0 unspecified atom stereocenters. The van der Waals surface area contributed by atoms with Crippen LogP contribution in [0.1, 0.15) is 22.5 Å². The van der Waals surface area contributed by atoms with E-state index in [0.717, 1.165) is 42.1 Å². The van der Waals surface area contributed by atoms with Crippen LogP contribution in [-0.2, 0) is 22.5 Å². The molecule has 0 saturated carbocycles. The number of ether oxygens (including phenoxy) is 2. The number of morpholine rings is 1. The van der Waals surface area contributed by atoms with Gasteiger partial charge in [0.25, 0.3) is 11.8 Å². The van der Waals surface area contributed by atoms with E-state index < -0.39 is 0 Å². The molecule has 218 valence electrons. The Hall–Kier alpha value is -4.55. The average molecular weight is 571 g/mol. The summed E-state index contributed by atoms with van der Waals surface area (Å²) < 4.78 is 14.3. The Morgan fingerprint density at radius 2 is 1.67 bits per heavy atom. The maximum absolute atomic E-state index is 14.2. The third-order valence-corrected chi connectivity index (χ3v) is 7.62. The zero-order valence-electron chi connectivity index (χ0n) is 24.1. The minimum Gasteiger partial charge on any atom is -0.497 e. The lowest BCUT2D eigenvalue weighted by Crippen LogP contribution is -2.41. The number of fused-ring (bicyclic) bond motifs is 1. The number of hydrogen-bond donors (Lipinski definition) is 0. The van der Waals surface area contributed by atoms with Gasteiger partial charge in [0.15, 0.2) is 5.82 Å². The van der Waals surface area contributed by atoms with Gasteiger partial charge in [-0.15, -0.1) is 10.2 Å². The molecule has 2 amide bonds. The van der Waals surface area contributed by atoms with Crippen molar-refractivity contribution in [2.24, 2.45) is 0 Å². The van der Waals surface area contributed by atoms with Gasteiger partial charge in [-0.3, -0.25) is 9.59 Å². The fourth-order valence-electron chi connectivity index (χ4n) is 5.46. The van der Waals surface area contributed by atoms with Gasteiger partial charge >= 0.3 is 0 Å². The molecule has 2 aromatic heterocycles. The summed E-state index contributed by atoms with van der Waals surface area (Å²) in [5.74, 6) is 1.14. The number of aromatic nitrogens is 5. The monoisotopic (exact) mass is 570 g/mol. The minimum atomic E-state index is -0.153. The highest BCUT2D eigenvalue weighted by molar-refractivity contribution is 6.08. The highest BCUT2D eigenvalue weighted by Crippen LogP contribution is 2.34. The number of carbonyl (C=O) groups excluding carboxylic acids is 2. The number of carbonyl (C=O) groups is 2. The molecule has 4 aromatic rings. The number of amides is 2. The quantitative estimate of drug-likeness (QED) is 0.302. The lowest BCUT2D eigenvalue weighted by Gasteiger charge is -2.29. The first-order valence-electron chi connectivity index (χ1n) is 14.0. The van der Waals surface area contributed by atoms with Crippen molar-refractivity contribution in [3.63, 3.8) is 0 Å². The third kappa shape index (κ3) is 5.26. The lowest BCUT2D eigenvalue weighted by molar-refractivity contribution is -0.125. The van der Waals surface area contributed by atoms with Crippen molar-refractivity contribution < 1.29 is 19.1 Å². The van der Waals surface area contributed by atoms with E-state index in [-0.39, 0.29) is 18.4 Å². The molecule has 4 heterocycles. The summed E-state index contributed by atoms with van der Waals surface area (Å²) in [5, 5.41) is 13.6. The van der Waals surface area contributed by atoms with Gasteiger partial charge in [0.2, 0.25) is 0 Å². The fraction of sp³-hybridized carbons (Fsp3) is 0.367. The van der Waals surface area contributed by atoms with E-state index in [9.17, 15) is 9.59 Å². The molecule has 2 aliphatic heterocycles. The van der Waals surface area contributed by atoms with Gasteiger partial charge < -0.3 is 28.7 Å². The van der Waals surface area contributed by atoms with Crippen LogP contribution in [0.3, 0.4) is 0 Å². The molecular weight excluding hydrogens is 536 g/mol. The van der Waals surface area contributed by atoms with E-state index in [1.165, 1.54) is 0 Å². The molecule has 0 atom stereocenters. The number of methoxy groups -OCH3 is 1. The Labute approximate surface area is 244 Å². The molecule has 2 aromatic carbocycles. The fourth-order valence-corrected chi connectivity index (χ4v) is 5.46.